The highest BCUT2D eigenvalue weighted by molar-refractivity contribution is 6.08. The number of rotatable bonds is 5. The van der Waals surface area contributed by atoms with Gasteiger partial charge in [-0.25, -0.2) is 0 Å². The van der Waals surface area contributed by atoms with Gasteiger partial charge in [-0.2, -0.15) is 0 Å². The number of amidine groups is 1. The Morgan fingerprint density at radius 1 is 1.04 bits per heavy atom. The van der Waals surface area contributed by atoms with Gasteiger partial charge in [0.05, 0.1) is 6.61 Å². The SMILES string of the molecule is Cc1ccc(C(=N)NC(=O)[C@H](CO)NC(=O)c2ccccc2)cc1. The van der Waals surface area contributed by atoms with Gasteiger partial charge in [0.15, 0.2) is 0 Å². The van der Waals surface area contributed by atoms with Gasteiger partial charge in [0.1, 0.15) is 11.9 Å². The van der Waals surface area contributed by atoms with Crippen molar-refractivity contribution in [3.63, 3.8) is 0 Å². The number of aliphatic hydroxyl groups is 1. The summed E-state index contributed by atoms with van der Waals surface area (Å²) in [6.07, 6.45) is 0. The molecule has 0 fully saturated rings. The van der Waals surface area contributed by atoms with Gasteiger partial charge in [-0.3, -0.25) is 15.0 Å². The highest BCUT2D eigenvalue weighted by atomic mass is 16.3. The molecule has 0 heterocycles. The van der Waals surface area contributed by atoms with Gasteiger partial charge in [0.2, 0.25) is 0 Å². The fourth-order valence-corrected chi connectivity index (χ4v) is 2.03. The van der Waals surface area contributed by atoms with Crippen LogP contribution in [-0.2, 0) is 4.79 Å². The fourth-order valence-electron chi connectivity index (χ4n) is 2.03. The largest absolute Gasteiger partial charge is 0.394 e. The van der Waals surface area contributed by atoms with E-state index in [2.05, 4.69) is 10.6 Å². The van der Waals surface area contributed by atoms with Crippen LogP contribution in [-0.4, -0.2) is 35.4 Å². The van der Waals surface area contributed by atoms with Gasteiger partial charge in [-0.05, 0) is 19.1 Å². The van der Waals surface area contributed by atoms with Crippen molar-refractivity contribution in [2.45, 2.75) is 13.0 Å². The van der Waals surface area contributed by atoms with Crippen LogP contribution in [0.3, 0.4) is 0 Å². The highest BCUT2D eigenvalue weighted by Crippen LogP contribution is 2.03. The number of benzene rings is 2. The Hall–Kier alpha value is -2.99. The molecule has 0 aliphatic carbocycles. The molecule has 1 atom stereocenters. The average Bonchev–Trinajstić information content (AvgIpc) is 2.60. The van der Waals surface area contributed by atoms with Crippen LogP contribution >= 0.6 is 0 Å². The highest BCUT2D eigenvalue weighted by Gasteiger charge is 2.21. The summed E-state index contributed by atoms with van der Waals surface area (Å²) in [5.74, 6) is -1.20. The van der Waals surface area contributed by atoms with Gasteiger partial charge in [-0.15, -0.1) is 0 Å². The van der Waals surface area contributed by atoms with Crippen LogP contribution < -0.4 is 10.6 Å². The predicted octanol–water partition coefficient (Wildman–Crippen LogP) is 1.23. The minimum Gasteiger partial charge on any atom is -0.394 e. The monoisotopic (exact) mass is 325 g/mol. The van der Waals surface area contributed by atoms with E-state index >= 15 is 0 Å². The standard InChI is InChI=1S/C18H19N3O3/c1-12-7-9-13(10-8-12)16(19)21-18(24)15(11-22)20-17(23)14-5-3-2-4-6-14/h2-10,15,22H,11H2,1H3,(H,20,23)(H2,19,21,24)/t15-/m0/s1. The zero-order valence-corrected chi connectivity index (χ0v) is 13.2. The van der Waals surface area contributed by atoms with Gasteiger partial charge in [0, 0.05) is 11.1 Å². The van der Waals surface area contributed by atoms with Crippen LogP contribution in [0.1, 0.15) is 21.5 Å². The van der Waals surface area contributed by atoms with Crippen molar-refractivity contribution in [1.82, 2.24) is 10.6 Å². The van der Waals surface area contributed by atoms with Gasteiger partial charge >= 0.3 is 0 Å². The zero-order chi connectivity index (χ0) is 17.5. The second-order valence-corrected chi connectivity index (χ2v) is 5.30. The first-order chi connectivity index (χ1) is 11.5. The van der Waals surface area contributed by atoms with Crippen molar-refractivity contribution in [2.75, 3.05) is 6.61 Å². The first kappa shape index (κ1) is 17.4. The molecule has 0 saturated carbocycles. The molecule has 0 saturated heterocycles. The molecule has 4 N–H and O–H groups in total. The van der Waals surface area contributed by atoms with Gasteiger partial charge < -0.3 is 15.7 Å². The number of aryl methyl sites for hydroxylation is 1. The van der Waals surface area contributed by atoms with E-state index in [-0.39, 0.29) is 5.84 Å². The van der Waals surface area contributed by atoms with Crippen molar-refractivity contribution in [3.8, 4) is 0 Å². The average molecular weight is 325 g/mol. The second-order valence-electron chi connectivity index (χ2n) is 5.30. The molecule has 0 bridgehead atoms. The summed E-state index contributed by atoms with van der Waals surface area (Å²) in [7, 11) is 0. The summed E-state index contributed by atoms with van der Waals surface area (Å²) in [6, 6.07) is 14.4. The van der Waals surface area contributed by atoms with E-state index in [0.717, 1.165) is 5.56 Å². The Kier molecular flexibility index (Phi) is 5.81. The number of nitrogens with one attached hydrogen (secondary N) is 3. The van der Waals surface area contributed by atoms with Crippen molar-refractivity contribution in [1.29, 1.82) is 5.41 Å². The number of carbonyl (C=O) groups is 2. The van der Waals surface area contributed by atoms with Crippen LogP contribution in [0, 0.1) is 12.3 Å². The van der Waals surface area contributed by atoms with E-state index in [0.29, 0.717) is 11.1 Å². The van der Waals surface area contributed by atoms with E-state index in [1.54, 1.807) is 42.5 Å². The topological polar surface area (TPSA) is 102 Å². The summed E-state index contributed by atoms with van der Waals surface area (Å²) in [4.78, 5) is 24.2. The fraction of sp³-hybridized carbons (Fsp3) is 0.167. The molecule has 0 aliphatic rings. The van der Waals surface area contributed by atoms with Crippen molar-refractivity contribution in [3.05, 3.63) is 71.3 Å². The Labute approximate surface area is 140 Å². The lowest BCUT2D eigenvalue weighted by Gasteiger charge is -2.16. The summed E-state index contributed by atoms with van der Waals surface area (Å²) < 4.78 is 0. The molecule has 0 unspecified atom stereocenters. The molecular formula is C18H19N3O3. The number of amides is 2. The Bertz CT molecular complexity index is 727. The smallest absolute Gasteiger partial charge is 0.251 e. The van der Waals surface area contributed by atoms with E-state index in [1.165, 1.54) is 0 Å². The number of hydrogen-bond donors (Lipinski definition) is 4. The van der Waals surface area contributed by atoms with Crippen molar-refractivity contribution < 1.29 is 14.7 Å². The van der Waals surface area contributed by atoms with Crippen LogP contribution in [0.5, 0.6) is 0 Å². The third kappa shape index (κ3) is 4.50. The number of aliphatic hydroxyl groups excluding tert-OH is 1. The molecule has 0 radical (unpaired) electrons. The lowest BCUT2D eigenvalue weighted by atomic mass is 10.1. The quantitative estimate of drug-likeness (QED) is 0.491. The third-order valence-corrected chi connectivity index (χ3v) is 3.43. The molecule has 24 heavy (non-hydrogen) atoms. The van der Waals surface area contributed by atoms with Crippen molar-refractivity contribution in [2.24, 2.45) is 0 Å². The molecular weight excluding hydrogens is 306 g/mol. The zero-order valence-electron chi connectivity index (χ0n) is 13.2. The third-order valence-electron chi connectivity index (χ3n) is 3.43. The Morgan fingerprint density at radius 2 is 1.67 bits per heavy atom. The summed E-state index contributed by atoms with van der Waals surface area (Å²) in [5.41, 5.74) is 1.97. The molecule has 2 aromatic rings. The molecule has 6 nitrogen and oxygen atoms in total. The maximum Gasteiger partial charge on any atom is 0.251 e. The van der Waals surface area contributed by atoms with E-state index in [4.69, 9.17) is 5.41 Å². The van der Waals surface area contributed by atoms with Gasteiger partial charge in [-0.1, -0.05) is 48.0 Å². The van der Waals surface area contributed by atoms with E-state index in [1.807, 2.05) is 19.1 Å². The molecule has 2 aromatic carbocycles. The molecule has 0 aliphatic heterocycles. The normalized spacial score (nSPS) is 11.4. The Balaban J connectivity index is 1.99. The summed E-state index contributed by atoms with van der Waals surface area (Å²) >= 11 is 0. The predicted molar refractivity (Wildman–Crippen MR) is 90.9 cm³/mol. The van der Waals surface area contributed by atoms with Gasteiger partial charge in [0.25, 0.3) is 11.8 Å². The summed E-state index contributed by atoms with van der Waals surface area (Å²) in [6.45, 7) is 1.36. The van der Waals surface area contributed by atoms with Crippen LogP contribution in [0.25, 0.3) is 0 Å². The molecule has 2 rings (SSSR count). The lowest BCUT2D eigenvalue weighted by molar-refractivity contribution is -0.122. The first-order valence-corrected chi connectivity index (χ1v) is 7.44. The van der Waals surface area contributed by atoms with E-state index in [9.17, 15) is 14.7 Å². The van der Waals surface area contributed by atoms with Crippen LogP contribution in [0.2, 0.25) is 0 Å². The molecule has 124 valence electrons. The van der Waals surface area contributed by atoms with Crippen LogP contribution in [0.4, 0.5) is 0 Å². The first-order valence-electron chi connectivity index (χ1n) is 7.44. The molecule has 2 amide bonds. The van der Waals surface area contributed by atoms with Crippen LogP contribution in [0.15, 0.2) is 54.6 Å². The molecule has 0 spiro atoms. The maximum absolute atomic E-state index is 12.2. The Morgan fingerprint density at radius 3 is 2.25 bits per heavy atom. The minimum atomic E-state index is -1.14. The number of hydrogen-bond acceptors (Lipinski definition) is 4. The lowest BCUT2D eigenvalue weighted by Crippen LogP contribution is -2.50. The minimum absolute atomic E-state index is 0.0904. The van der Waals surface area contributed by atoms with E-state index < -0.39 is 24.5 Å². The molecule has 0 aromatic heterocycles. The summed E-state index contributed by atoms with van der Waals surface area (Å²) in [5, 5.41) is 22.1. The van der Waals surface area contributed by atoms with Crippen molar-refractivity contribution >= 4 is 17.6 Å². The maximum atomic E-state index is 12.2. The second kappa shape index (κ2) is 8.03. The number of carbonyl (C=O) groups excluding carboxylic acids is 2. The molecule has 6 heteroatoms.